The molecule has 6 heteroatoms. The van der Waals surface area contributed by atoms with Crippen molar-refractivity contribution in [1.29, 1.82) is 0 Å². The van der Waals surface area contributed by atoms with Gasteiger partial charge in [0.05, 0.1) is 13.2 Å². The van der Waals surface area contributed by atoms with Gasteiger partial charge >= 0.3 is 0 Å². The van der Waals surface area contributed by atoms with Gasteiger partial charge in [-0.25, -0.2) is 0 Å². The quantitative estimate of drug-likeness (QED) is 0.883. The van der Waals surface area contributed by atoms with Crippen molar-refractivity contribution in [2.75, 3.05) is 33.8 Å². The van der Waals surface area contributed by atoms with E-state index in [9.17, 15) is 9.59 Å². The summed E-state index contributed by atoms with van der Waals surface area (Å²) in [5.41, 5.74) is 0.613. The smallest absolute Gasteiger partial charge is 0.252 e. The fraction of sp³-hybridized carbons (Fsp3) is 0.455. The Hall–Kier alpha value is -2.60. The van der Waals surface area contributed by atoms with Crippen molar-refractivity contribution in [1.82, 2.24) is 15.1 Å². The summed E-state index contributed by atoms with van der Waals surface area (Å²) in [6.45, 7) is 2.64. The molecule has 1 N–H and O–H groups in total. The number of carbonyl (C=O) groups is 2. The second-order valence-electron chi connectivity index (χ2n) is 7.82. The van der Waals surface area contributed by atoms with Crippen molar-refractivity contribution < 1.29 is 14.3 Å². The molecule has 0 bridgehead atoms. The number of carbonyl (C=O) groups excluding carboxylic acids is 2. The zero-order valence-electron chi connectivity index (χ0n) is 16.5. The highest BCUT2D eigenvalue weighted by Gasteiger charge is 2.36. The molecule has 2 aliphatic heterocycles. The van der Waals surface area contributed by atoms with Crippen LogP contribution in [0, 0.1) is 0 Å². The van der Waals surface area contributed by atoms with Crippen molar-refractivity contribution in [3.63, 3.8) is 0 Å². The van der Waals surface area contributed by atoms with Crippen molar-refractivity contribution in [2.45, 2.75) is 31.3 Å². The van der Waals surface area contributed by atoms with Crippen LogP contribution in [0.15, 0.2) is 36.4 Å². The second kappa shape index (κ2) is 7.80. The largest absolute Gasteiger partial charge is 0.496 e. The van der Waals surface area contributed by atoms with E-state index in [0.717, 1.165) is 42.5 Å². The minimum Gasteiger partial charge on any atom is -0.496 e. The highest BCUT2D eigenvalue weighted by molar-refractivity contribution is 6.08. The zero-order valence-corrected chi connectivity index (χ0v) is 16.5. The van der Waals surface area contributed by atoms with Crippen LogP contribution in [0.2, 0.25) is 0 Å². The monoisotopic (exact) mass is 381 g/mol. The third-order valence-corrected chi connectivity index (χ3v) is 5.97. The minimum atomic E-state index is -0.138. The number of nitrogens with zero attached hydrogens (tertiary/aromatic N) is 2. The van der Waals surface area contributed by atoms with Gasteiger partial charge in [-0.05, 0) is 50.5 Å². The molecular formula is C22H27N3O3. The molecule has 28 heavy (non-hydrogen) atoms. The lowest BCUT2D eigenvalue weighted by Crippen LogP contribution is -2.45. The Labute approximate surface area is 165 Å². The Balaban J connectivity index is 1.47. The average Bonchev–Trinajstić information content (AvgIpc) is 3.07. The Morgan fingerprint density at radius 3 is 2.54 bits per heavy atom. The maximum atomic E-state index is 13.0. The summed E-state index contributed by atoms with van der Waals surface area (Å²) in [7, 11) is 3.74. The maximum Gasteiger partial charge on any atom is 0.252 e. The van der Waals surface area contributed by atoms with Gasteiger partial charge in [-0.2, -0.15) is 0 Å². The summed E-state index contributed by atoms with van der Waals surface area (Å²) in [6.07, 6.45) is 2.39. The summed E-state index contributed by atoms with van der Waals surface area (Å²) in [5.74, 6) is 0.762. The predicted octanol–water partition coefficient (Wildman–Crippen LogP) is 2.27. The lowest BCUT2D eigenvalue weighted by molar-refractivity contribution is -0.130. The fourth-order valence-electron chi connectivity index (χ4n) is 4.40. The van der Waals surface area contributed by atoms with E-state index in [0.29, 0.717) is 24.6 Å². The minimum absolute atomic E-state index is 0.137. The van der Waals surface area contributed by atoms with Crippen LogP contribution in [-0.2, 0) is 4.79 Å². The topological polar surface area (TPSA) is 61.9 Å². The van der Waals surface area contributed by atoms with Gasteiger partial charge in [-0.15, -0.1) is 0 Å². The Morgan fingerprint density at radius 1 is 1.11 bits per heavy atom. The molecule has 2 amide bonds. The molecule has 148 valence electrons. The maximum absolute atomic E-state index is 13.0. The number of fused-ring (bicyclic) bond motifs is 1. The van der Waals surface area contributed by atoms with E-state index in [4.69, 9.17) is 4.74 Å². The van der Waals surface area contributed by atoms with Gasteiger partial charge in [-0.1, -0.05) is 24.3 Å². The molecule has 6 nitrogen and oxygen atoms in total. The van der Waals surface area contributed by atoms with Crippen molar-refractivity contribution in [3.05, 3.63) is 42.0 Å². The van der Waals surface area contributed by atoms with Crippen LogP contribution in [0.1, 0.15) is 29.6 Å². The average molecular weight is 381 g/mol. The molecule has 0 aromatic heterocycles. The molecule has 1 atom stereocenters. The van der Waals surface area contributed by atoms with Crippen LogP contribution < -0.4 is 10.1 Å². The normalized spacial score (nSPS) is 21.3. The van der Waals surface area contributed by atoms with Crippen molar-refractivity contribution in [3.8, 4) is 5.75 Å². The first-order valence-corrected chi connectivity index (χ1v) is 9.91. The summed E-state index contributed by atoms with van der Waals surface area (Å²) < 4.78 is 5.41. The number of piperidine rings is 1. The molecule has 1 unspecified atom stereocenters. The van der Waals surface area contributed by atoms with E-state index in [1.165, 1.54) is 0 Å². The van der Waals surface area contributed by atoms with Gasteiger partial charge in [0.15, 0.2) is 0 Å². The molecule has 2 aromatic carbocycles. The van der Waals surface area contributed by atoms with E-state index >= 15 is 0 Å². The molecule has 2 heterocycles. The number of rotatable bonds is 4. The van der Waals surface area contributed by atoms with E-state index in [1.807, 2.05) is 35.2 Å². The lowest BCUT2D eigenvalue weighted by Gasteiger charge is -2.35. The Kier molecular flexibility index (Phi) is 5.22. The molecule has 0 aliphatic carbocycles. The number of benzene rings is 2. The molecule has 2 saturated heterocycles. The molecule has 2 fully saturated rings. The van der Waals surface area contributed by atoms with Gasteiger partial charge in [0, 0.05) is 30.0 Å². The van der Waals surface area contributed by atoms with Crippen molar-refractivity contribution in [2.24, 2.45) is 0 Å². The van der Waals surface area contributed by atoms with E-state index in [1.54, 1.807) is 13.2 Å². The van der Waals surface area contributed by atoms with Gasteiger partial charge in [0.1, 0.15) is 5.75 Å². The number of methoxy groups -OCH3 is 1. The van der Waals surface area contributed by atoms with Gasteiger partial charge in [0.2, 0.25) is 5.91 Å². The molecule has 2 aliphatic rings. The summed E-state index contributed by atoms with van der Waals surface area (Å²) in [6, 6.07) is 11.5. The fourth-order valence-corrected chi connectivity index (χ4v) is 4.40. The third kappa shape index (κ3) is 3.56. The van der Waals surface area contributed by atoms with Gasteiger partial charge in [0.25, 0.3) is 5.91 Å². The highest BCUT2D eigenvalue weighted by Crippen LogP contribution is 2.29. The first-order valence-electron chi connectivity index (χ1n) is 9.91. The van der Waals surface area contributed by atoms with Crippen LogP contribution in [0.5, 0.6) is 5.75 Å². The highest BCUT2D eigenvalue weighted by atomic mass is 16.5. The lowest BCUT2D eigenvalue weighted by atomic mass is 10.0. The van der Waals surface area contributed by atoms with Gasteiger partial charge in [-0.3, -0.25) is 9.59 Å². The van der Waals surface area contributed by atoms with Crippen molar-refractivity contribution >= 4 is 22.6 Å². The molecule has 2 aromatic rings. The summed E-state index contributed by atoms with van der Waals surface area (Å²) >= 11 is 0. The van der Waals surface area contributed by atoms with Crippen LogP contribution in [0.25, 0.3) is 10.8 Å². The molecule has 0 saturated carbocycles. The zero-order chi connectivity index (χ0) is 19.7. The molecule has 0 spiro atoms. The Bertz CT molecular complexity index is 890. The molecule has 4 rings (SSSR count). The van der Waals surface area contributed by atoms with E-state index < -0.39 is 0 Å². The van der Waals surface area contributed by atoms with Crippen LogP contribution in [0.3, 0.4) is 0 Å². The number of ether oxygens (including phenoxy) is 1. The standard InChI is InChI=1S/C22H27N3O3/c1-24-11-9-16(10-12-24)25-14-15(13-21(25)26)23-22(27)19-7-8-20(28-2)18-6-4-3-5-17(18)19/h3-8,15-16H,9-14H2,1-2H3,(H,23,27). The number of likely N-dealkylation sites (tertiary alicyclic amines) is 2. The van der Waals surface area contributed by atoms with E-state index in [-0.39, 0.29) is 17.9 Å². The number of nitrogens with one attached hydrogen (secondary N) is 1. The first kappa shape index (κ1) is 18.7. The number of amides is 2. The van der Waals surface area contributed by atoms with Crippen LogP contribution in [-0.4, -0.2) is 67.5 Å². The number of hydrogen-bond acceptors (Lipinski definition) is 4. The van der Waals surface area contributed by atoms with Crippen LogP contribution >= 0.6 is 0 Å². The van der Waals surface area contributed by atoms with Gasteiger partial charge < -0.3 is 19.9 Å². The summed E-state index contributed by atoms with van der Waals surface area (Å²) in [5, 5.41) is 4.85. The Morgan fingerprint density at radius 2 is 1.82 bits per heavy atom. The molecular weight excluding hydrogens is 354 g/mol. The predicted molar refractivity (Wildman–Crippen MR) is 109 cm³/mol. The second-order valence-corrected chi connectivity index (χ2v) is 7.82. The SMILES string of the molecule is COc1ccc(C(=O)NC2CC(=O)N(C3CCN(C)CC3)C2)c2ccccc12. The molecule has 0 radical (unpaired) electrons. The summed E-state index contributed by atoms with van der Waals surface area (Å²) in [4.78, 5) is 29.8. The van der Waals surface area contributed by atoms with E-state index in [2.05, 4.69) is 17.3 Å². The first-order chi connectivity index (χ1) is 13.6. The number of hydrogen-bond donors (Lipinski definition) is 1. The van der Waals surface area contributed by atoms with Crippen LogP contribution in [0.4, 0.5) is 0 Å². The third-order valence-electron chi connectivity index (χ3n) is 5.97.